The fourth-order valence-corrected chi connectivity index (χ4v) is 2.72. The number of rotatable bonds is 5. The van der Waals surface area contributed by atoms with Gasteiger partial charge in [-0.05, 0) is 23.1 Å². The predicted molar refractivity (Wildman–Crippen MR) is 76.0 cm³/mol. The highest BCUT2D eigenvalue weighted by Gasteiger charge is 2.24. The van der Waals surface area contributed by atoms with Crippen molar-refractivity contribution in [3.63, 3.8) is 0 Å². The number of halogens is 2. The van der Waals surface area contributed by atoms with Gasteiger partial charge in [0.05, 0.1) is 0 Å². The Morgan fingerprint density at radius 3 is 2.50 bits per heavy atom. The molecule has 0 fully saturated rings. The fourth-order valence-electron chi connectivity index (χ4n) is 2.72. The van der Waals surface area contributed by atoms with Crippen molar-refractivity contribution in [1.29, 1.82) is 0 Å². The number of hydrogen-bond acceptors (Lipinski definition) is 1. The minimum absolute atomic E-state index is 0.0849. The first-order chi connectivity index (χ1) is 9.74. The second-order valence-electron chi connectivity index (χ2n) is 5.27. The Labute approximate surface area is 117 Å². The summed E-state index contributed by atoms with van der Waals surface area (Å²) in [6.07, 6.45) is -1.25. The van der Waals surface area contributed by atoms with Crippen molar-refractivity contribution in [3.05, 3.63) is 70.8 Å². The summed E-state index contributed by atoms with van der Waals surface area (Å²) in [6, 6.07) is 15.0. The van der Waals surface area contributed by atoms with E-state index in [2.05, 4.69) is 29.6 Å². The van der Waals surface area contributed by atoms with Gasteiger partial charge < -0.3 is 5.32 Å². The highest BCUT2D eigenvalue weighted by molar-refractivity contribution is 5.40. The average Bonchev–Trinajstić information content (AvgIpc) is 2.44. The van der Waals surface area contributed by atoms with Crippen molar-refractivity contribution in [3.8, 4) is 0 Å². The first-order valence-corrected chi connectivity index (χ1v) is 6.89. The smallest absolute Gasteiger partial charge is 0.263 e. The average molecular weight is 273 g/mol. The van der Waals surface area contributed by atoms with Gasteiger partial charge in [-0.2, -0.15) is 0 Å². The van der Waals surface area contributed by atoms with Crippen LogP contribution in [-0.2, 0) is 13.0 Å². The van der Waals surface area contributed by atoms with Crippen LogP contribution in [-0.4, -0.2) is 6.54 Å². The molecule has 1 nitrogen and oxygen atoms in total. The Bertz CT molecular complexity index is 578. The molecule has 1 atom stereocenters. The molecule has 0 bridgehead atoms. The second kappa shape index (κ2) is 5.71. The zero-order chi connectivity index (χ0) is 13.9. The first-order valence-electron chi connectivity index (χ1n) is 6.89. The highest BCUT2D eigenvalue weighted by atomic mass is 19.3. The Kier molecular flexibility index (Phi) is 3.79. The molecule has 0 aliphatic heterocycles. The molecule has 1 unspecified atom stereocenters. The molecule has 0 spiro atoms. The van der Waals surface area contributed by atoms with Crippen LogP contribution in [0.5, 0.6) is 0 Å². The van der Waals surface area contributed by atoms with Gasteiger partial charge in [-0.1, -0.05) is 48.5 Å². The largest absolute Gasteiger partial charge is 0.312 e. The molecule has 20 heavy (non-hydrogen) atoms. The fraction of sp³-hybridized carbons (Fsp3) is 0.294. The molecule has 3 heteroatoms. The summed E-state index contributed by atoms with van der Waals surface area (Å²) in [4.78, 5) is 0. The summed E-state index contributed by atoms with van der Waals surface area (Å²) < 4.78 is 24.9. The Morgan fingerprint density at radius 1 is 1.05 bits per heavy atom. The van der Waals surface area contributed by atoms with E-state index < -0.39 is 6.43 Å². The molecule has 2 aromatic rings. The van der Waals surface area contributed by atoms with Crippen LogP contribution in [0.25, 0.3) is 0 Å². The maximum Gasteiger partial charge on any atom is 0.263 e. The highest BCUT2D eigenvalue weighted by Crippen LogP contribution is 2.34. The molecule has 0 saturated carbocycles. The van der Waals surface area contributed by atoms with Crippen LogP contribution in [0, 0.1) is 0 Å². The summed E-state index contributed by atoms with van der Waals surface area (Å²) >= 11 is 0. The Hall–Kier alpha value is -1.74. The van der Waals surface area contributed by atoms with Crippen molar-refractivity contribution in [2.45, 2.75) is 25.3 Å². The van der Waals surface area contributed by atoms with Gasteiger partial charge in [-0.25, -0.2) is 8.78 Å². The van der Waals surface area contributed by atoms with E-state index in [1.807, 2.05) is 0 Å². The van der Waals surface area contributed by atoms with E-state index in [-0.39, 0.29) is 5.56 Å². The minimum Gasteiger partial charge on any atom is -0.312 e. The SMILES string of the molecule is FC(F)c1ccc(CNCC2Cc3ccccc32)cc1. The molecule has 1 N–H and O–H groups in total. The number of fused-ring (bicyclic) bond motifs is 1. The Morgan fingerprint density at radius 2 is 1.80 bits per heavy atom. The van der Waals surface area contributed by atoms with E-state index in [9.17, 15) is 8.78 Å². The van der Waals surface area contributed by atoms with E-state index in [1.54, 1.807) is 12.1 Å². The quantitative estimate of drug-likeness (QED) is 0.866. The van der Waals surface area contributed by atoms with Gasteiger partial charge in [0, 0.05) is 24.6 Å². The van der Waals surface area contributed by atoms with Crippen molar-refractivity contribution < 1.29 is 8.78 Å². The first kappa shape index (κ1) is 13.3. The number of benzene rings is 2. The van der Waals surface area contributed by atoms with Crippen LogP contribution < -0.4 is 5.32 Å². The van der Waals surface area contributed by atoms with Crippen LogP contribution in [0.3, 0.4) is 0 Å². The van der Waals surface area contributed by atoms with Gasteiger partial charge in [0.25, 0.3) is 6.43 Å². The zero-order valence-electron chi connectivity index (χ0n) is 11.2. The Balaban J connectivity index is 1.49. The summed E-state index contributed by atoms with van der Waals surface area (Å²) in [5.74, 6) is 0.589. The third-order valence-corrected chi connectivity index (χ3v) is 3.91. The third-order valence-electron chi connectivity index (χ3n) is 3.91. The van der Waals surface area contributed by atoms with Gasteiger partial charge in [0.1, 0.15) is 0 Å². The van der Waals surface area contributed by atoms with E-state index >= 15 is 0 Å². The third kappa shape index (κ3) is 2.73. The van der Waals surface area contributed by atoms with Gasteiger partial charge in [-0.3, -0.25) is 0 Å². The lowest BCUT2D eigenvalue weighted by Crippen LogP contribution is -2.28. The van der Waals surface area contributed by atoms with E-state index in [0.29, 0.717) is 5.92 Å². The second-order valence-corrected chi connectivity index (χ2v) is 5.27. The maximum absolute atomic E-state index is 12.4. The van der Waals surface area contributed by atoms with Crippen LogP contribution >= 0.6 is 0 Å². The predicted octanol–water partition coefficient (Wildman–Crippen LogP) is 4.05. The standard InChI is InChI=1S/C17H17F2N/c18-17(19)13-7-5-12(6-8-13)10-20-11-15-9-14-3-1-2-4-16(14)15/h1-8,15,17,20H,9-11H2. The van der Waals surface area contributed by atoms with Gasteiger partial charge >= 0.3 is 0 Å². The number of hydrogen-bond donors (Lipinski definition) is 1. The molecule has 0 saturated heterocycles. The molecular formula is C17H17F2N. The van der Waals surface area contributed by atoms with E-state index in [4.69, 9.17) is 0 Å². The maximum atomic E-state index is 12.4. The molecule has 2 aromatic carbocycles. The number of alkyl halides is 2. The van der Waals surface area contributed by atoms with Crippen LogP contribution in [0.4, 0.5) is 8.78 Å². The van der Waals surface area contributed by atoms with E-state index in [1.165, 1.54) is 23.3 Å². The van der Waals surface area contributed by atoms with Gasteiger partial charge in [0.15, 0.2) is 0 Å². The number of nitrogens with one attached hydrogen (secondary N) is 1. The van der Waals surface area contributed by atoms with Crippen molar-refractivity contribution in [2.24, 2.45) is 0 Å². The molecule has 1 aliphatic rings. The lowest BCUT2D eigenvalue weighted by molar-refractivity contribution is 0.151. The van der Waals surface area contributed by atoms with Crippen molar-refractivity contribution in [2.75, 3.05) is 6.54 Å². The topological polar surface area (TPSA) is 12.0 Å². The zero-order valence-corrected chi connectivity index (χ0v) is 11.2. The normalized spacial score (nSPS) is 16.9. The summed E-state index contributed by atoms with van der Waals surface area (Å²) in [5, 5.41) is 3.41. The molecule has 0 amide bonds. The van der Waals surface area contributed by atoms with Crippen molar-refractivity contribution in [1.82, 2.24) is 5.32 Å². The molecule has 0 aromatic heterocycles. The van der Waals surface area contributed by atoms with Gasteiger partial charge in [0.2, 0.25) is 0 Å². The molecule has 104 valence electrons. The monoisotopic (exact) mass is 273 g/mol. The molecule has 1 aliphatic carbocycles. The molecule has 0 radical (unpaired) electrons. The van der Waals surface area contributed by atoms with Crippen LogP contribution in [0.1, 0.15) is 34.6 Å². The van der Waals surface area contributed by atoms with Crippen LogP contribution in [0.2, 0.25) is 0 Å². The molecule has 3 rings (SSSR count). The van der Waals surface area contributed by atoms with Crippen molar-refractivity contribution >= 4 is 0 Å². The molecule has 0 heterocycles. The summed E-state index contributed by atoms with van der Waals surface area (Å²) in [5.41, 5.74) is 4.01. The lowest BCUT2D eigenvalue weighted by atomic mass is 9.77. The molecular weight excluding hydrogens is 256 g/mol. The lowest BCUT2D eigenvalue weighted by Gasteiger charge is -2.30. The summed E-state index contributed by atoms with van der Waals surface area (Å²) in [7, 11) is 0. The van der Waals surface area contributed by atoms with Gasteiger partial charge in [-0.15, -0.1) is 0 Å². The summed E-state index contributed by atoms with van der Waals surface area (Å²) in [6.45, 7) is 1.66. The van der Waals surface area contributed by atoms with E-state index in [0.717, 1.165) is 25.1 Å². The van der Waals surface area contributed by atoms with Crippen LogP contribution in [0.15, 0.2) is 48.5 Å². The minimum atomic E-state index is -2.39.